The first-order chi connectivity index (χ1) is 12.7. The minimum atomic E-state index is -0.361. The maximum absolute atomic E-state index is 12.3. The molecule has 0 aliphatic rings. The molecular formula is C18H12N4O2S2. The van der Waals surface area contributed by atoms with Crippen LogP contribution in [0.15, 0.2) is 60.0 Å². The van der Waals surface area contributed by atoms with E-state index in [1.165, 1.54) is 22.7 Å². The third-order valence-electron chi connectivity index (χ3n) is 3.51. The molecule has 2 amide bonds. The SMILES string of the molecule is O=C(Nc1nc(C(=O)Nc2nc3ccccc3s2)cs1)c1ccccc1. The summed E-state index contributed by atoms with van der Waals surface area (Å²) in [6.07, 6.45) is 0. The minimum Gasteiger partial charge on any atom is -0.298 e. The van der Waals surface area contributed by atoms with Crippen molar-refractivity contribution in [2.45, 2.75) is 0 Å². The third-order valence-corrected chi connectivity index (χ3v) is 5.22. The Morgan fingerprint density at radius 2 is 1.54 bits per heavy atom. The Morgan fingerprint density at radius 1 is 0.808 bits per heavy atom. The Hall–Kier alpha value is -3.10. The standard InChI is InChI=1S/C18H12N4O2S2/c23-15(11-6-2-1-3-7-11)21-17-20-13(10-25-17)16(24)22-18-19-12-8-4-5-9-14(12)26-18/h1-10H,(H,19,22,24)(H,20,21,23). The summed E-state index contributed by atoms with van der Waals surface area (Å²) in [7, 11) is 0. The summed E-state index contributed by atoms with van der Waals surface area (Å²) in [5, 5.41) is 7.92. The van der Waals surface area contributed by atoms with E-state index in [2.05, 4.69) is 20.6 Å². The van der Waals surface area contributed by atoms with E-state index in [1.807, 2.05) is 30.3 Å². The third kappa shape index (κ3) is 3.46. The van der Waals surface area contributed by atoms with Gasteiger partial charge in [-0.15, -0.1) is 11.3 Å². The molecule has 4 rings (SSSR count). The van der Waals surface area contributed by atoms with Crippen LogP contribution in [0.3, 0.4) is 0 Å². The molecule has 0 atom stereocenters. The van der Waals surface area contributed by atoms with E-state index in [-0.39, 0.29) is 17.5 Å². The highest BCUT2D eigenvalue weighted by atomic mass is 32.1. The maximum atomic E-state index is 12.3. The van der Waals surface area contributed by atoms with Crippen molar-refractivity contribution >= 4 is 55.0 Å². The summed E-state index contributed by atoms with van der Waals surface area (Å²) in [6, 6.07) is 16.5. The molecule has 0 saturated heterocycles. The van der Waals surface area contributed by atoms with Crippen LogP contribution in [0.25, 0.3) is 10.2 Å². The molecule has 6 nitrogen and oxygen atoms in total. The fourth-order valence-electron chi connectivity index (χ4n) is 2.28. The van der Waals surface area contributed by atoms with E-state index in [0.717, 1.165) is 10.2 Å². The molecule has 2 heterocycles. The van der Waals surface area contributed by atoms with Crippen LogP contribution in [0, 0.1) is 0 Å². The molecule has 0 aliphatic heterocycles. The zero-order valence-corrected chi connectivity index (χ0v) is 14.9. The van der Waals surface area contributed by atoms with Crippen molar-refractivity contribution in [3.63, 3.8) is 0 Å². The molecule has 26 heavy (non-hydrogen) atoms. The Kier molecular flexibility index (Phi) is 4.42. The lowest BCUT2D eigenvalue weighted by atomic mass is 10.2. The first-order valence-corrected chi connectivity index (χ1v) is 9.37. The van der Waals surface area contributed by atoms with Gasteiger partial charge in [-0.25, -0.2) is 9.97 Å². The smallest absolute Gasteiger partial charge is 0.276 e. The van der Waals surface area contributed by atoms with E-state index < -0.39 is 0 Å². The molecule has 0 fully saturated rings. The number of aromatic nitrogens is 2. The lowest BCUT2D eigenvalue weighted by molar-refractivity contribution is 0.101. The fourth-order valence-corrected chi connectivity index (χ4v) is 3.83. The zero-order valence-electron chi connectivity index (χ0n) is 13.3. The van der Waals surface area contributed by atoms with Gasteiger partial charge in [-0.1, -0.05) is 41.7 Å². The summed E-state index contributed by atoms with van der Waals surface area (Å²) in [6.45, 7) is 0. The monoisotopic (exact) mass is 380 g/mol. The van der Waals surface area contributed by atoms with Gasteiger partial charge in [-0.05, 0) is 24.3 Å². The number of benzene rings is 2. The highest BCUT2D eigenvalue weighted by Crippen LogP contribution is 2.26. The van der Waals surface area contributed by atoms with Crippen LogP contribution < -0.4 is 10.6 Å². The van der Waals surface area contributed by atoms with Gasteiger partial charge in [-0.2, -0.15) is 0 Å². The average molecular weight is 380 g/mol. The molecule has 2 aromatic heterocycles. The summed E-state index contributed by atoms with van der Waals surface area (Å²) in [4.78, 5) is 33.0. The van der Waals surface area contributed by atoms with Gasteiger partial charge in [0.15, 0.2) is 10.3 Å². The minimum absolute atomic E-state index is 0.234. The number of amides is 2. The Bertz CT molecular complexity index is 1060. The average Bonchev–Trinajstić information content (AvgIpc) is 3.28. The van der Waals surface area contributed by atoms with Crippen molar-refractivity contribution in [1.29, 1.82) is 0 Å². The number of nitrogens with zero attached hydrogens (tertiary/aromatic N) is 2. The van der Waals surface area contributed by atoms with Crippen molar-refractivity contribution in [1.82, 2.24) is 9.97 Å². The van der Waals surface area contributed by atoms with Gasteiger partial charge in [0, 0.05) is 10.9 Å². The van der Waals surface area contributed by atoms with Crippen LogP contribution >= 0.6 is 22.7 Å². The van der Waals surface area contributed by atoms with Crippen LogP contribution in [-0.2, 0) is 0 Å². The fraction of sp³-hybridized carbons (Fsp3) is 0. The summed E-state index contributed by atoms with van der Waals surface area (Å²) in [5.74, 6) is -0.626. The van der Waals surface area contributed by atoms with Crippen LogP contribution in [0.4, 0.5) is 10.3 Å². The number of fused-ring (bicyclic) bond motifs is 1. The van der Waals surface area contributed by atoms with E-state index in [4.69, 9.17) is 0 Å². The van der Waals surface area contributed by atoms with Crippen molar-refractivity contribution in [3.05, 3.63) is 71.2 Å². The van der Waals surface area contributed by atoms with Crippen LogP contribution in [-0.4, -0.2) is 21.8 Å². The number of carbonyl (C=O) groups excluding carboxylic acids is 2. The molecule has 0 bridgehead atoms. The number of carbonyl (C=O) groups is 2. The Morgan fingerprint density at radius 3 is 2.35 bits per heavy atom. The zero-order chi connectivity index (χ0) is 17.9. The predicted octanol–water partition coefficient (Wildman–Crippen LogP) is 4.26. The van der Waals surface area contributed by atoms with Crippen LogP contribution in [0.5, 0.6) is 0 Å². The molecule has 0 unspecified atom stereocenters. The number of thiazole rings is 2. The number of hydrogen-bond acceptors (Lipinski definition) is 6. The Labute approximate surface area is 156 Å². The molecule has 2 N–H and O–H groups in total. The number of nitrogens with one attached hydrogen (secondary N) is 2. The molecule has 0 spiro atoms. The predicted molar refractivity (Wildman–Crippen MR) is 104 cm³/mol. The highest BCUT2D eigenvalue weighted by molar-refractivity contribution is 7.22. The van der Waals surface area contributed by atoms with Crippen molar-refractivity contribution < 1.29 is 9.59 Å². The summed E-state index contributed by atoms with van der Waals surface area (Å²) >= 11 is 2.59. The van der Waals surface area contributed by atoms with Crippen molar-refractivity contribution in [2.24, 2.45) is 0 Å². The maximum Gasteiger partial charge on any atom is 0.276 e. The van der Waals surface area contributed by atoms with Gasteiger partial charge in [0.25, 0.3) is 11.8 Å². The van der Waals surface area contributed by atoms with E-state index in [0.29, 0.717) is 15.8 Å². The largest absolute Gasteiger partial charge is 0.298 e. The van der Waals surface area contributed by atoms with Gasteiger partial charge >= 0.3 is 0 Å². The van der Waals surface area contributed by atoms with Crippen molar-refractivity contribution in [2.75, 3.05) is 10.6 Å². The number of para-hydroxylation sites is 1. The molecule has 2 aromatic carbocycles. The van der Waals surface area contributed by atoms with Crippen LogP contribution in [0.1, 0.15) is 20.8 Å². The first-order valence-electron chi connectivity index (χ1n) is 7.68. The van der Waals surface area contributed by atoms with Gasteiger partial charge in [0.1, 0.15) is 5.69 Å². The van der Waals surface area contributed by atoms with Crippen molar-refractivity contribution in [3.8, 4) is 0 Å². The van der Waals surface area contributed by atoms with Gasteiger partial charge in [0.2, 0.25) is 0 Å². The van der Waals surface area contributed by atoms with E-state index >= 15 is 0 Å². The second-order valence-electron chi connectivity index (χ2n) is 5.30. The lowest BCUT2D eigenvalue weighted by Crippen LogP contribution is -2.14. The van der Waals surface area contributed by atoms with Gasteiger partial charge in [-0.3, -0.25) is 20.2 Å². The number of anilines is 2. The quantitative estimate of drug-likeness (QED) is 0.554. The first kappa shape index (κ1) is 16.4. The summed E-state index contributed by atoms with van der Waals surface area (Å²) < 4.78 is 0.997. The highest BCUT2D eigenvalue weighted by Gasteiger charge is 2.15. The molecule has 128 valence electrons. The van der Waals surface area contributed by atoms with E-state index in [1.54, 1.807) is 29.6 Å². The second kappa shape index (κ2) is 7.03. The molecule has 0 aliphatic carbocycles. The second-order valence-corrected chi connectivity index (χ2v) is 7.19. The molecule has 0 saturated carbocycles. The Balaban J connectivity index is 1.45. The molecular weight excluding hydrogens is 368 g/mol. The van der Waals surface area contributed by atoms with E-state index in [9.17, 15) is 9.59 Å². The molecule has 8 heteroatoms. The number of hydrogen-bond donors (Lipinski definition) is 2. The number of rotatable bonds is 4. The van der Waals surface area contributed by atoms with Crippen LogP contribution in [0.2, 0.25) is 0 Å². The molecule has 4 aromatic rings. The lowest BCUT2D eigenvalue weighted by Gasteiger charge is -2.01. The normalized spacial score (nSPS) is 10.6. The topological polar surface area (TPSA) is 84.0 Å². The summed E-state index contributed by atoms with van der Waals surface area (Å²) in [5.41, 5.74) is 1.60. The van der Waals surface area contributed by atoms with Gasteiger partial charge < -0.3 is 0 Å². The van der Waals surface area contributed by atoms with Gasteiger partial charge in [0.05, 0.1) is 10.2 Å². The molecule has 0 radical (unpaired) electrons.